The van der Waals surface area contributed by atoms with E-state index in [2.05, 4.69) is 0 Å². The maximum absolute atomic E-state index is 10.8. The Morgan fingerprint density at radius 2 is 2.29 bits per heavy atom. The number of nitrogens with zero attached hydrogens (tertiary/aromatic N) is 1. The lowest BCUT2D eigenvalue weighted by Crippen LogP contribution is -2.03. The summed E-state index contributed by atoms with van der Waals surface area (Å²) in [7, 11) is 0. The van der Waals surface area contributed by atoms with Gasteiger partial charge in [-0.05, 0) is 13.0 Å². The van der Waals surface area contributed by atoms with Crippen molar-refractivity contribution in [2.24, 2.45) is 0 Å². The molecule has 0 spiro atoms. The van der Waals surface area contributed by atoms with E-state index in [0.717, 1.165) is 12.1 Å². The molecule has 1 aromatic carbocycles. The maximum atomic E-state index is 10.8. The quantitative estimate of drug-likeness (QED) is 0.482. The van der Waals surface area contributed by atoms with Crippen molar-refractivity contribution in [3.8, 4) is 5.75 Å². The molecule has 6 nitrogen and oxygen atoms in total. The van der Waals surface area contributed by atoms with Crippen LogP contribution in [0.4, 0.5) is 5.69 Å². The van der Waals surface area contributed by atoms with Gasteiger partial charge >= 0.3 is 5.97 Å². The summed E-state index contributed by atoms with van der Waals surface area (Å²) >= 11 is 0. The van der Waals surface area contributed by atoms with Crippen LogP contribution in [0.2, 0.25) is 0 Å². The van der Waals surface area contributed by atoms with Gasteiger partial charge in [-0.2, -0.15) is 0 Å². The van der Waals surface area contributed by atoms with Gasteiger partial charge in [0.15, 0.2) is 0 Å². The largest absolute Gasteiger partial charge is 0.490 e. The van der Waals surface area contributed by atoms with E-state index in [1.165, 1.54) is 6.07 Å². The van der Waals surface area contributed by atoms with Gasteiger partial charge in [0.1, 0.15) is 17.9 Å². The molecule has 0 aliphatic rings. The predicted molar refractivity (Wildman–Crippen MR) is 60.4 cm³/mol. The number of benzene rings is 1. The summed E-state index contributed by atoms with van der Waals surface area (Å²) in [6.07, 6.45) is 3.52. The monoisotopic (exact) mass is 237 g/mol. The van der Waals surface area contributed by atoms with Crippen molar-refractivity contribution < 1.29 is 19.6 Å². The number of hydrogen-bond donors (Lipinski definition) is 1. The molecule has 1 aromatic rings. The molecule has 0 unspecified atom stereocenters. The normalized spacial score (nSPS) is 10.4. The van der Waals surface area contributed by atoms with Crippen molar-refractivity contribution in [2.45, 2.75) is 6.92 Å². The minimum atomic E-state index is -1.35. The molecule has 0 heterocycles. The van der Waals surface area contributed by atoms with Crippen LogP contribution < -0.4 is 4.74 Å². The molecule has 0 fully saturated rings. The first-order valence-corrected chi connectivity index (χ1v) is 4.82. The SMILES string of the molecule is CC=CCOc1ccc([N+](=O)[O-])c(C(=O)O)c1. The van der Waals surface area contributed by atoms with Crippen molar-refractivity contribution in [2.75, 3.05) is 6.61 Å². The minimum Gasteiger partial charge on any atom is -0.490 e. The molecule has 6 heteroatoms. The zero-order valence-electron chi connectivity index (χ0n) is 9.12. The van der Waals surface area contributed by atoms with E-state index in [4.69, 9.17) is 9.84 Å². The molecule has 0 saturated carbocycles. The number of ether oxygens (including phenoxy) is 1. The Bertz CT molecular complexity index is 467. The molecule has 0 radical (unpaired) electrons. The van der Waals surface area contributed by atoms with Gasteiger partial charge in [-0.1, -0.05) is 12.2 Å². The third-order valence-electron chi connectivity index (χ3n) is 1.98. The number of carboxylic acid groups (broad SMARTS) is 1. The molecule has 1 N–H and O–H groups in total. The Labute approximate surface area is 97.3 Å². The van der Waals surface area contributed by atoms with Crippen LogP contribution in [0.1, 0.15) is 17.3 Å². The molecular weight excluding hydrogens is 226 g/mol. The summed E-state index contributed by atoms with van der Waals surface area (Å²) in [5.74, 6) is -1.07. The molecule has 0 aromatic heterocycles. The Kier molecular flexibility index (Phi) is 4.21. The Morgan fingerprint density at radius 1 is 1.59 bits per heavy atom. The van der Waals surface area contributed by atoms with E-state index in [0.29, 0.717) is 0 Å². The zero-order chi connectivity index (χ0) is 12.8. The standard InChI is InChI=1S/C11H11NO5/c1-2-3-6-17-8-4-5-10(12(15)16)9(7-8)11(13)14/h2-5,7H,6H2,1H3,(H,13,14). The molecule has 0 saturated heterocycles. The second kappa shape index (κ2) is 5.64. The zero-order valence-corrected chi connectivity index (χ0v) is 9.12. The summed E-state index contributed by atoms with van der Waals surface area (Å²) < 4.78 is 5.20. The van der Waals surface area contributed by atoms with Gasteiger partial charge in [0, 0.05) is 12.1 Å². The van der Waals surface area contributed by atoms with E-state index >= 15 is 0 Å². The second-order valence-electron chi connectivity index (χ2n) is 3.12. The van der Waals surface area contributed by atoms with Crippen LogP contribution in [-0.2, 0) is 0 Å². The van der Waals surface area contributed by atoms with Crippen molar-refractivity contribution in [3.63, 3.8) is 0 Å². The number of allylic oxidation sites excluding steroid dienone is 1. The Balaban J connectivity index is 3.01. The van der Waals surface area contributed by atoms with Crippen LogP contribution in [0.25, 0.3) is 0 Å². The van der Waals surface area contributed by atoms with Gasteiger partial charge in [0.05, 0.1) is 4.92 Å². The van der Waals surface area contributed by atoms with E-state index in [1.54, 1.807) is 12.2 Å². The third kappa shape index (κ3) is 3.30. The second-order valence-corrected chi connectivity index (χ2v) is 3.12. The fraction of sp³-hybridized carbons (Fsp3) is 0.182. The lowest BCUT2D eigenvalue weighted by Gasteiger charge is -2.04. The summed E-state index contributed by atoms with van der Waals surface area (Å²) in [6, 6.07) is 3.63. The van der Waals surface area contributed by atoms with Crippen molar-refractivity contribution in [1.82, 2.24) is 0 Å². The number of nitro groups is 1. The molecule has 0 aliphatic heterocycles. The number of carboxylic acids is 1. The Hall–Kier alpha value is -2.37. The number of rotatable bonds is 5. The van der Waals surface area contributed by atoms with Crippen LogP contribution in [-0.4, -0.2) is 22.6 Å². The highest BCUT2D eigenvalue weighted by molar-refractivity contribution is 5.92. The lowest BCUT2D eigenvalue weighted by molar-refractivity contribution is -0.385. The molecule has 17 heavy (non-hydrogen) atoms. The fourth-order valence-electron chi connectivity index (χ4n) is 1.18. The predicted octanol–water partition coefficient (Wildman–Crippen LogP) is 2.25. The average Bonchev–Trinajstić information content (AvgIpc) is 2.29. The topological polar surface area (TPSA) is 89.7 Å². The van der Waals surface area contributed by atoms with Crippen LogP contribution >= 0.6 is 0 Å². The highest BCUT2D eigenvalue weighted by atomic mass is 16.6. The number of hydrogen-bond acceptors (Lipinski definition) is 4. The number of aromatic carboxylic acids is 1. The van der Waals surface area contributed by atoms with Crippen LogP contribution in [0.3, 0.4) is 0 Å². The van der Waals surface area contributed by atoms with Gasteiger partial charge < -0.3 is 9.84 Å². The van der Waals surface area contributed by atoms with Gasteiger partial charge in [-0.3, -0.25) is 10.1 Å². The van der Waals surface area contributed by atoms with Crippen molar-refractivity contribution >= 4 is 11.7 Å². The first-order chi connectivity index (χ1) is 8.06. The van der Waals surface area contributed by atoms with Crippen LogP contribution in [0, 0.1) is 10.1 Å². The lowest BCUT2D eigenvalue weighted by atomic mass is 10.1. The minimum absolute atomic E-state index is 0.283. The Morgan fingerprint density at radius 3 is 2.82 bits per heavy atom. The highest BCUT2D eigenvalue weighted by Crippen LogP contribution is 2.24. The van der Waals surface area contributed by atoms with Gasteiger partial charge in [-0.25, -0.2) is 4.79 Å². The van der Waals surface area contributed by atoms with E-state index in [1.807, 2.05) is 6.92 Å². The summed E-state index contributed by atoms with van der Waals surface area (Å²) in [5, 5.41) is 19.4. The summed E-state index contributed by atoms with van der Waals surface area (Å²) in [4.78, 5) is 20.7. The first kappa shape index (κ1) is 12.7. The molecule has 1 rings (SSSR count). The number of carbonyl (C=O) groups is 1. The van der Waals surface area contributed by atoms with Crippen molar-refractivity contribution in [3.05, 3.63) is 46.0 Å². The smallest absolute Gasteiger partial charge is 0.342 e. The van der Waals surface area contributed by atoms with Crippen molar-refractivity contribution in [1.29, 1.82) is 0 Å². The van der Waals surface area contributed by atoms with Crippen LogP contribution in [0.15, 0.2) is 30.4 Å². The molecule has 0 bridgehead atoms. The number of nitro benzene ring substituents is 1. The molecular formula is C11H11NO5. The van der Waals surface area contributed by atoms with Gasteiger partial charge in [0.2, 0.25) is 0 Å². The summed E-state index contributed by atoms with van der Waals surface area (Å²) in [6.45, 7) is 2.11. The van der Waals surface area contributed by atoms with Gasteiger partial charge in [-0.15, -0.1) is 0 Å². The van der Waals surface area contributed by atoms with E-state index < -0.39 is 16.6 Å². The average molecular weight is 237 g/mol. The molecule has 90 valence electrons. The molecule has 0 atom stereocenters. The fourth-order valence-corrected chi connectivity index (χ4v) is 1.18. The first-order valence-electron chi connectivity index (χ1n) is 4.82. The van der Waals surface area contributed by atoms with Crippen LogP contribution in [0.5, 0.6) is 5.75 Å². The van der Waals surface area contributed by atoms with E-state index in [-0.39, 0.29) is 17.9 Å². The highest BCUT2D eigenvalue weighted by Gasteiger charge is 2.20. The maximum Gasteiger partial charge on any atom is 0.342 e. The van der Waals surface area contributed by atoms with E-state index in [9.17, 15) is 14.9 Å². The molecule has 0 amide bonds. The van der Waals surface area contributed by atoms with Gasteiger partial charge in [0.25, 0.3) is 5.69 Å². The molecule has 0 aliphatic carbocycles. The summed E-state index contributed by atoms with van der Waals surface area (Å²) in [5.41, 5.74) is -0.830. The third-order valence-corrected chi connectivity index (χ3v) is 1.98.